The second-order valence-corrected chi connectivity index (χ2v) is 7.09. The summed E-state index contributed by atoms with van der Waals surface area (Å²) < 4.78 is 16.6. The molecule has 8 heteroatoms. The third kappa shape index (κ3) is 3.80. The predicted octanol–water partition coefficient (Wildman–Crippen LogP) is 2.37. The van der Waals surface area contributed by atoms with Crippen molar-refractivity contribution in [3.8, 4) is 5.75 Å². The number of phenolic OH excluding ortho intramolecular Hbond substituents is 1. The van der Waals surface area contributed by atoms with Crippen molar-refractivity contribution in [3.63, 3.8) is 0 Å². The standard InChI is InChI=1S/C17H23BO7/c1-16(2)17(3,4)25-18(24-16)12(9-14(20)21)11-8-10(15(22)23-5)6-7-13(11)19/h6-8,12,19H,9H2,1-5H3,(H,20,21). The molecule has 25 heavy (non-hydrogen) atoms. The lowest BCUT2D eigenvalue weighted by atomic mass is 9.65. The molecule has 136 valence electrons. The van der Waals surface area contributed by atoms with E-state index in [1.807, 2.05) is 27.7 Å². The Balaban J connectivity index is 2.46. The fourth-order valence-corrected chi connectivity index (χ4v) is 2.69. The van der Waals surface area contributed by atoms with Crippen LogP contribution in [-0.2, 0) is 18.8 Å². The number of phenols is 1. The average molecular weight is 350 g/mol. The van der Waals surface area contributed by atoms with Gasteiger partial charge in [-0.3, -0.25) is 4.79 Å². The number of carboxylic acid groups (broad SMARTS) is 1. The molecule has 0 aliphatic carbocycles. The summed E-state index contributed by atoms with van der Waals surface area (Å²) in [6, 6.07) is 4.16. The second kappa shape index (κ2) is 6.69. The lowest BCUT2D eigenvalue weighted by molar-refractivity contribution is -0.137. The summed E-state index contributed by atoms with van der Waals surface area (Å²) in [7, 11) is 0.373. The largest absolute Gasteiger partial charge is 0.508 e. The van der Waals surface area contributed by atoms with Crippen LogP contribution in [0.15, 0.2) is 18.2 Å². The molecule has 1 fully saturated rings. The summed E-state index contributed by atoms with van der Waals surface area (Å²) in [6.07, 6.45) is -0.324. The number of carboxylic acids is 1. The number of hydrogen-bond acceptors (Lipinski definition) is 6. The van der Waals surface area contributed by atoms with Gasteiger partial charge in [0.05, 0.1) is 30.3 Å². The smallest absolute Gasteiger partial charge is 0.466 e. The molecule has 1 atom stereocenters. The van der Waals surface area contributed by atoms with Gasteiger partial charge in [-0.2, -0.15) is 0 Å². The van der Waals surface area contributed by atoms with Crippen LogP contribution in [0.3, 0.4) is 0 Å². The van der Waals surface area contributed by atoms with Crippen molar-refractivity contribution >= 4 is 19.1 Å². The maximum atomic E-state index is 11.8. The maximum Gasteiger partial charge on any atom is 0.466 e. The molecule has 0 radical (unpaired) electrons. The monoisotopic (exact) mass is 350 g/mol. The Kier molecular flexibility index (Phi) is 5.15. The molecule has 1 heterocycles. The zero-order valence-electron chi connectivity index (χ0n) is 15.0. The molecule has 1 aromatic carbocycles. The minimum absolute atomic E-state index is 0.131. The number of rotatable bonds is 5. The number of benzene rings is 1. The van der Waals surface area contributed by atoms with Crippen LogP contribution in [-0.4, -0.2) is 47.6 Å². The molecular weight excluding hydrogens is 327 g/mol. The lowest BCUT2D eigenvalue weighted by Crippen LogP contribution is -2.41. The fraction of sp³-hybridized carbons (Fsp3) is 0.529. The van der Waals surface area contributed by atoms with Gasteiger partial charge in [0.25, 0.3) is 0 Å². The van der Waals surface area contributed by atoms with Crippen LogP contribution < -0.4 is 0 Å². The van der Waals surface area contributed by atoms with Gasteiger partial charge in [0, 0.05) is 5.82 Å². The van der Waals surface area contributed by atoms with Crippen molar-refractivity contribution in [1.82, 2.24) is 0 Å². The number of carbonyl (C=O) groups is 2. The summed E-state index contributed by atoms with van der Waals surface area (Å²) in [4.78, 5) is 23.1. The Bertz CT molecular complexity index is 668. The Morgan fingerprint density at radius 1 is 1.20 bits per heavy atom. The van der Waals surface area contributed by atoms with E-state index in [4.69, 9.17) is 9.31 Å². The fourth-order valence-electron chi connectivity index (χ4n) is 2.69. The average Bonchev–Trinajstić information content (AvgIpc) is 2.72. The molecule has 0 amide bonds. The van der Waals surface area contributed by atoms with Crippen molar-refractivity contribution in [2.24, 2.45) is 0 Å². The highest BCUT2D eigenvalue weighted by Crippen LogP contribution is 2.43. The van der Waals surface area contributed by atoms with E-state index < -0.39 is 36.1 Å². The first-order chi connectivity index (χ1) is 11.5. The molecule has 1 saturated heterocycles. The first-order valence-corrected chi connectivity index (χ1v) is 7.97. The highest BCUT2D eigenvalue weighted by molar-refractivity contribution is 6.48. The van der Waals surface area contributed by atoms with Crippen molar-refractivity contribution < 1.29 is 33.8 Å². The normalized spacial score (nSPS) is 19.5. The van der Waals surface area contributed by atoms with Gasteiger partial charge in [-0.1, -0.05) is 0 Å². The van der Waals surface area contributed by atoms with Crippen molar-refractivity contribution in [2.75, 3.05) is 7.11 Å². The van der Waals surface area contributed by atoms with E-state index in [-0.39, 0.29) is 23.3 Å². The zero-order valence-corrected chi connectivity index (χ0v) is 15.0. The number of methoxy groups -OCH3 is 1. The third-order valence-electron chi connectivity index (χ3n) is 4.84. The molecule has 2 rings (SSSR count). The van der Waals surface area contributed by atoms with Crippen LogP contribution in [0.5, 0.6) is 5.75 Å². The molecule has 1 aliphatic rings. The SMILES string of the molecule is COC(=O)c1ccc(O)c(C(CC(=O)O)B2OC(C)(C)C(C)(C)O2)c1. The van der Waals surface area contributed by atoms with Gasteiger partial charge in [-0.05, 0) is 51.5 Å². The summed E-state index contributed by atoms with van der Waals surface area (Å²) in [5, 5.41) is 19.5. The van der Waals surface area contributed by atoms with Gasteiger partial charge in [-0.25, -0.2) is 4.79 Å². The molecule has 7 nitrogen and oxygen atoms in total. The van der Waals surface area contributed by atoms with Crippen molar-refractivity contribution in [1.29, 1.82) is 0 Å². The third-order valence-corrected chi connectivity index (χ3v) is 4.84. The summed E-state index contributed by atoms with van der Waals surface area (Å²) in [6.45, 7) is 7.43. The number of carbonyl (C=O) groups excluding carboxylic acids is 1. The molecule has 0 aromatic heterocycles. The number of ether oxygens (including phenoxy) is 1. The van der Waals surface area contributed by atoms with Crippen LogP contribution >= 0.6 is 0 Å². The van der Waals surface area contributed by atoms with Crippen LogP contribution in [0.2, 0.25) is 0 Å². The Hall–Kier alpha value is -2.06. The summed E-state index contributed by atoms with van der Waals surface area (Å²) >= 11 is 0. The Labute approximate surface area is 147 Å². The minimum atomic E-state index is -1.07. The lowest BCUT2D eigenvalue weighted by Gasteiger charge is -2.32. The summed E-state index contributed by atoms with van der Waals surface area (Å²) in [5.41, 5.74) is -0.820. The second-order valence-electron chi connectivity index (χ2n) is 7.09. The number of aromatic hydroxyl groups is 1. The van der Waals surface area contributed by atoms with Crippen LogP contribution in [0, 0.1) is 0 Å². The highest BCUT2D eigenvalue weighted by atomic mass is 16.7. The van der Waals surface area contributed by atoms with E-state index in [1.54, 1.807) is 0 Å². The van der Waals surface area contributed by atoms with Crippen LogP contribution in [0.25, 0.3) is 0 Å². The van der Waals surface area contributed by atoms with E-state index in [1.165, 1.54) is 25.3 Å². The van der Waals surface area contributed by atoms with Gasteiger partial charge in [0.15, 0.2) is 0 Å². The van der Waals surface area contributed by atoms with Gasteiger partial charge >= 0.3 is 19.1 Å². The first-order valence-electron chi connectivity index (χ1n) is 7.97. The molecule has 0 spiro atoms. The van der Waals surface area contributed by atoms with Crippen molar-refractivity contribution in [2.45, 2.75) is 51.1 Å². The highest BCUT2D eigenvalue weighted by Gasteiger charge is 2.54. The first kappa shape index (κ1) is 19.3. The molecule has 0 saturated carbocycles. The number of aliphatic carboxylic acids is 1. The van der Waals surface area contributed by atoms with Gasteiger partial charge in [0.2, 0.25) is 0 Å². The van der Waals surface area contributed by atoms with Crippen LogP contribution in [0.4, 0.5) is 0 Å². The van der Waals surface area contributed by atoms with Gasteiger partial charge < -0.3 is 24.3 Å². The Morgan fingerprint density at radius 2 is 1.76 bits per heavy atom. The van der Waals surface area contributed by atoms with Crippen LogP contribution in [0.1, 0.15) is 55.9 Å². The van der Waals surface area contributed by atoms with E-state index in [9.17, 15) is 19.8 Å². The quantitative estimate of drug-likeness (QED) is 0.621. The Morgan fingerprint density at radius 3 is 2.24 bits per heavy atom. The maximum absolute atomic E-state index is 11.8. The molecular formula is C17H23BO7. The topological polar surface area (TPSA) is 102 Å². The summed E-state index contributed by atoms with van der Waals surface area (Å²) in [5.74, 6) is -2.57. The van der Waals surface area contributed by atoms with Gasteiger partial charge in [0.1, 0.15) is 5.75 Å². The molecule has 1 aromatic rings. The van der Waals surface area contributed by atoms with Crippen molar-refractivity contribution in [3.05, 3.63) is 29.3 Å². The van der Waals surface area contributed by atoms with E-state index in [2.05, 4.69) is 4.74 Å². The molecule has 1 aliphatic heterocycles. The molecule has 0 bridgehead atoms. The minimum Gasteiger partial charge on any atom is -0.508 e. The number of esters is 1. The van der Waals surface area contributed by atoms with E-state index in [0.29, 0.717) is 0 Å². The number of hydrogen-bond donors (Lipinski definition) is 2. The zero-order chi connectivity index (χ0) is 19.0. The van der Waals surface area contributed by atoms with Gasteiger partial charge in [-0.15, -0.1) is 0 Å². The van der Waals surface area contributed by atoms with E-state index in [0.717, 1.165) is 0 Å². The molecule has 2 N–H and O–H groups in total. The van der Waals surface area contributed by atoms with E-state index >= 15 is 0 Å². The molecule has 1 unspecified atom stereocenters. The predicted molar refractivity (Wildman–Crippen MR) is 90.5 cm³/mol.